The Morgan fingerprint density at radius 1 is 1.00 bits per heavy atom. The molecule has 0 amide bonds. The van der Waals surface area contributed by atoms with Gasteiger partial charge in [-0.05, 0) is 142 Å². The predicted octanol–water partition coefficient (Wildman–Crippen LogP) is 8.50. The fourth-order valence-corrected chi connectivity index (χ4v) is 16.3. The van der Waals surface area contributed by atoms with Gasteiger partial charge in [-0.1, -0.05) is 85.2 Å². The summed E-state index contributed by atoms with van der Waals surface area (Å²) in [6.45, 7) is 8.75. The fraction of sp³-hybridized carbons (Fsp3) is 0.547. The van der Waals surface area contributed by atoms with Crippen molar-refractivity contribution in [3.05, 3.63) is 128 Å². The van der Waals surface area contributed by atoms with Crippen molar-refractivity contribution < 1.29 is 19.1 Å². The van der Waals surface area contributed by atoms with Crippen molar-refractivity contribution in [2.45, 2.75) is 109 Å². The number of nitrogens with zero attached hydrogens (tertiary/aromatic N) is 2. The maximum absolute atomic E-state index is 15.9. The second kappa shape index (κ2) is 12.7. The molecule has 5 aliphatic carbocycles. The topological polar surface area (TPSA) is 85.1 Å². The first-order chi connectivity index (χ1) is 29.3. The van der Waals surface area contributed by atoms with E-state index in [1.165, 1.54) is 39.8 Å². The minimum absolute atomic E-state index is 0.105. The highest BCUT2D eigenvalue weighted by Gasteiger charge is 2.92. The molecule has 9 aliphatic heterocycles. The highest BCUT2D eigenvalue weighted by atomic mass is 16.6. The normalized spacial score (nSPS) is 41.2. The molecule has 2 aromatic rings. The van der Waals surface area contributed by atoms with Gasteiger partial charge in [-0.25, -0.2) is 4.79 Å². The molecular weight excluding hydrogens is 743 g/mol. The van der Waals surface area contributed by atoms with Crippen LogP contribution in [0.2, 0.25) is 0 Å². The molecule has 12 atom stereocenters. The molecule has 7 heteroatoms. The Morgan fingerprint density at radius 2 is 1.88 bits per heavy atom. The van der Waals surface area contributed by atoms with Crippen LogP contribution < -0.4 is 5.73 Å². The predicted molar refractivity (Wildman–Crippen MR) is 230 cm³/mol. The zero-order valence-electron chi connectivity index (χ0n) is 35.4. The summed E-state index contributed by atoms with van der Waals surface area (Å²) < 4.78 is 14.2. The van der Waals surface area contributed by atoms with Crippen molar-refractivity contribution in [1.29, 1.82) is 0 Å². The molecule has 310 valence electrons. The van der Waals surface area contributed by atoms with Crippen molar-refractivity contribution in [2.24, 2.45) is 52.1 Å². The number of nitrogens with two attached hydrogens (primary N) is 1. The van der Waals surface area contributed by atoms with E-state index in [0.29, 0.717) is 47.9 Å². The zero-order valence-corrected chi connectivity index (χ0v) is 35.4. The summed E-state index contributed by atoms with van der Waals surface area (Å²) in [6.07, 6.45) is 20.9. The van der Waals surface area contributed by atoms with Gasteiger partial charge in [0.1, 0.15) is 11.2 Å². The van der Waals surface area contributed by atoms with Crippen LogP contribution in [0.3, 0.4) is 0 Å². The summed E-state index contributed by atoms with van der Waals surface area (Å²) in [4.78, 5) is 36.3. The van der Waals surface area contributed by atoms with Crippen molar-refractivity contribution in [1.82, 2.24) is 9.80 Å². The Morgan fingerprint density at radius 3 is 2.78 bits per heavy atom. The average Bonchev–Trinajstić information content (AvgIpc) is 3.69. The van der Waals surface area contributed by atoms with E-state index in [-0.39, 0.29) is 23.8 Å². The molecule has 14 aliphatic rings. The zero-order chi connectivity index (χ0) is 40.3. The molecule has 9 heterocycles. The monoisotopic (exact) mass is 801 g/mol. The first-order valence-corrected chi connectivity index (χ1v) is 23.7. The van der Waals surface area contributed by atoms with Crippen LogP contribution in [0, 0.1) is 46.3 Å². The lowest BCUT2D eigenvalue weighted by Gasteiger charge is -2.71. The van der Waals surface area contributed by atoms with Crippen molar-refractivity contribution >= 4 is 11.9 Å². The molecule has 15 bridgehead atoms. The van der Waals surface area contributed by atoms with E-state index in [2.05, 4.69) is 90.4 Å². The standard InChI is InChI=1S/C53H59N3O4/c1-30-22-36-16-17-42-38-25-34-27-55(29-38)31(2)15-18-44-51-20-19-39-41-26-37(45(30)47(39)48(36)56(42)28-34)24-33-10-5-9-32(23-33)8-3-4-14-43(52(41,51)50(58)59-44)53(51)40-13-6-11-35(12-7-21-54)46(40)49(57)60-53/h5-6,9-11,13,16-18,23,26,30-31,34,38,42-43,45,47H,3-4,7-8,12,14-15,19-22,24-25,27-29,54H2,1-2H3. The third-order valence-corrected chi connectivity index (χ3v) is 18.3. The second-order valence-electron chi connectivity index (χ2n) is 21.0. The maximum Gasteiger partial charge on any atom is 0.339 e. The van der Waals surface area contributed by atoms with E-state index in [0.717, 1.165) is 107 Å². The number of carbonyl (C=O) groups is 2. The van der Waals surface area contributed by atoms with E-state index < -0.39 is 16.4 Å². The van der Waals surface area contributed by atoms with Crippen molar-refractivity contribution in [2.75, 3.05) is 26.2 Å². The van der Waals surface area contributed by atoms with Gasteiger partial charge < -0.3 is 20.1 Å². The number of ether oxygens (including phenoxy) is 2. The summed E-state index contributed by atoms with van der Waals surface area (Å²) in [6, 6.07) is 16.5. The molecule has 2 aromatic carbocycles. The van der Waals surface area contributed by atoms with E-state index in [4.69, 9.17) is 15.2 Å². The molecule has 16 rings (SSSR count). The Hall–Kier alpha value is -4.20. The quantitative estimate of drug-likeness (QED) is 0.312. The van der Waals surface area contributed by atoms with Crippen molar-refractivity contribution in [3.8, 4) is 0 Å². The van der Waals surface area contributed by atoms with Gasteiger partial charge in [0, 0.05) is 48.8 Å². The summed E-state index contributed by atoms with van der Waals surface area (Å²) in [7, 11) is 0. The molecule has 0 aromatic heterocycles. The van der Waals surface area contributed by atoms with Crippen LogP contribution in [0.4, 0.5) is 0 Å². The van der Waals surface area contributed by atoms with Crippen LogP contribution in [-0.4, -0.2) is 60.0 Å². The van der Waals surface area contributed by atoms with Gasteiger partial charge in [0.25, 0.3) is 0 Å². The molecule has 1 saturated carbocycles. The van der Waals surface area contributed by atoms with Gasteiger partial charge >= 0.3 is 11.9 Å². The van der Waals surface area contributed by atoms with Gasteiger partial charge in [-0.15, -0.1) is 0 Å². The lowest BCUT2D eigenvalue weighted by atomic mass is 9.29. The van der Waals surface area contributed by atoms with Crippen LogP contribution >= 0.6 is 0 Å². The molecule has 0 radical (unpaired) electrons. The number of fused-ring (bicyclic) bond motifs is 6. The van der Waals surface area contributed by atoms with Crippen LogP contribution in [0.25, 0.3) is 0 Å². The van der Waals surface area contributed by atoms with Crippen LogP contribution in [-0.2, 0) is 39.1 Å². The summed E-state index contributed by atoms with van der Waals surface area (Å²) >= 11 is 0. The molecule has 3 spiro atoms. The number of carbonyl (C=O) groups excluding carboxylic acids is 2. The highest BCUT2D eigenvalue weighted by molar-refractivity contribution is 6.00. The number of allylic oxidation sites excluding steroid dienone is 5. The van der Waals surface area contributed by atoms with Crippen molar-refractivity contribution in [3.63, 3.8) is 0 Å². The molecular formula is C53H59N3O4. The minimum Gasteiger partial charge on any atom is -0.449 e. The largest absolute Gasteiger partial charge is 0.449 e. The Kier molecular flexibility index (Phi) is 7.71. The van der Waals surface area contributed by atoms with Gasteiger partial charge in [0.05, 0.1) is 17.0 Å². The smallest absolute Gasteiger partial charge is 0.339 e. The second-order valence-corrected chi connectivity index (χ2v) is 21.0. The third-order valence-electron chi connectivity index (χ3n) is 18.3. The lowest BCUT2D eigenvalue weighted by Crippen LogP contribution is -2.77. The van der Waals surface area contributed by atoms with E-state index >= 15 is 4.79 Å². The summed E-state index contributed by atoms with van der Waals surface area (Å²) in [5.41, 5.74) is 16.0. The van der Waals surface area contributed by atoms with E-state index in [1.54, 1.807) is 5.70 Å². The highest BCUT2D eigenvalue weighted by Crippen LogP contribution is 2.87. The number of rotatable bonds is 3. The molecule has 7 nitrogen and oxygen atoms in total. The molecule has 2 N–H and O–H groups in total. The van der Waals surface area contributed by atoms with Crippen LogP contribution in [0.5, 0.6) is 0 Å². The van der Waals surface area contributed by atoms with E-state index in [9.17, 15) is 4.79 Å². The number of hydrogen-bond donors (Lipinski definition) is 1. The number of hydrogen-bond acceptors (Lipinski definition) is 7. The molecule has 60 heavy (non-hydrogen) atoms. The third kappa shape index (κ3) is 4.34. The summed E-state index contributed by atoms with van der Waals surface area (Å²) in [5.74, 6) is 2.44. The first kappa shape index (κ1) is 36.5. The maximum atomic E-state index is 15.9. The molecule has 3 saturated heterocycles. The fourth-order valence-electron chi connectivity index (χ4n) is 16.3. The number of benzene rings is 2. The van der Waals surface area contributed by atoms with Crippen LogP contribution in [0.1, 0.15) is 104 Å². The van der Waals surface area contributed by atoms with Gasteiger partial charge in [-0.3, -0.25) is 9.69 Å². The average molecular weight is 802 g/mol. The number of esters is 2. The number of piperidine rings is 2. The SMILES string of the molecule is CC1CC2=C3C4C5=C6C=C(Cc7cccc(c7)CCCCC7C68C(=O)OC(=CCC(C)N6CC9CC(C6)C(C=C2)N3C9)C8(CC5)C72OC(=O)c3c(CCCN)cccc32)C14. The number of aryl methyl sites for hydroxylation is 2. The first-order valence-electron chi connectivity index (χ1n) is 23.7. The minimum atomic E-state index is -1.00. The van der Waals surface area contributed by atoms with Gasteiger partial charge in [0.15, 0.2) is 5.60 Å². The van der Waals surface area contributed by atoms with E-state index in [1.807, 2.05) is 0 Å². The lowest BCUT2D eigenvalue weighted by molar-refractivity contribution is -0.275. The Bertz CT molecular complexity index is 2440. The Labute approximate surface area is 354 Å². The molecule has 4 fully saturated rings. The molecule has 12 unspecified atom stereocenters. The van der Waals surface area contributed by atoms with Crippen LogP contribution in [0.15, 0.2) is 101 Å². The van der Waals surface area contributed by atoms with Gasteiger partial charge in [-0.2, -0.15) is 0 Å². The Balaban J connectivity index is 1.12. The van der Waals surface area contributed by atoms with Gasteiger partial charge in [0.2, 0.25) is 0 Å². The summed E-state index contributed by atoms with van der Waals surface area (Å²) in [5, 5.41) is 0.